The molecule has 0 unspecified atom stereocenters. The maximum atomic E-state index is 12.8. The molecule has 1 aromatic carbocycles. The first-order valence-corrected chi connectivity index (χ1v) is 8.64. The number of carbonyl (C=O) groups is 2. The number of rotatable bonds is 5. The minimum atomic E-state index is -0.832. The van der Waals surface area contributed by atoms with E-state index in [1.54, 1.807) is 6.08 Å². The van der Waals surface area contributed by atoms with E-state index >= 15 is 0 Å². The topological polar surface area (TPSA) is 52.7 Å². The zero-order chi connectivity index (χ0) is 17.2. The molecule has 1 aliphatic heterocycles. The van der Waals surface area contributed by atoms with Crippen LogP contribution >= 0.6 is 11.6 Å². The molecule has 128 valence electrons. The molecule has 5 nitrogen and oxygen atoms in total. The van der Waals surface area contributed by atoms with E-state index in [-0.39, 0.29) is 11.8 Å². The predicted molar refractivity (Wildman–Crippen MR) is 95.1 cm³/mol. The zero-order valence-electron chi connectivity index (χ0n) is 13.6. The summed E-state index contributed by atoms with van der Waals surface area (Å²) in [5.74, 6) is -0.195. The van der Waals surface area contributed by atoms with Gasteiger partial charge in [0.1, 0.15) is 5.41 Å². The van der Waals surface area contributed by atoms with Gasteiger partial charge in [0.05, 0.1) is 0 Å². The summed E-state index contributed by atoms with van der Waals surface area (Å²) >= 11 is 6.05. The highest BCUT2D eigenvalue weighted by molar-refractivity contribution is 6.30. The summed E-state index contributed by atoms with van der Waals surface area (Å²) in [6, 6.07) is 7.74. The van der Waals surface area contributed by atoms with Crippen molar-refractivity contribution in [2.75, 3.05) is 37.6 Å². The number of hydrogen-bond acceptors (Lipinski definition) is 3. The second-order valence-electron chi connectivity index (χ2n) is 6.34. The Morgan fingerprint density at radius 2 is 1.96 bits per heavy atom. The van der Waals surface area contributed by atoms with Gasteiger partial charge in [0.15, 0.2) is 0 Å². The van der Waals surface area contributed by atoms with Crippen LogP contribution in [0.1, 0.15) is 12.8 Å². The lowest BCUT2D eigenvalue weighted by atomic mass is 10.0. The molecule has 1 saturated heterocycles. The molecule has 6 heteroatoms. The number of nitrogens with zero attached hydrogens (tertiary/aromatic N) is 2. The number of piperazine rings is 1. The first-order chi connectivity index (χ1) is 11.6. The maximum Gasteiger partial charge on any atom is 0.238 e. The van der Waals surface area contributed by atoms with Crippen LogP contribution in [0, 0.1) is 5.41 Å². The van der Waals surface area contributed by atoms with E-state index in [2.05, 4.69) is 16.8 Å². The number of benzene rings is 1. The van der Waals surface area contributed by atoms with E-state index in [0.29, 0.717) is 37.5 Å². The largest absolute Gasteiger partial charge is 0.368 e. The molecule has 1 saturated carbocycles. The molecule has 1 aromatic rings. The van der Waals surface area contributed by atoms with Crippen molar-refractivity contribution < 1.29 is 9.59 Å². The lowest BCUT2D eigenvalue weighted by molar-refractivity contribution is -0.144. The van der Waals surface area contributed by atoms with Gasteiger partial charge in [0, 0.05) is 43.4 Å². The zero-order valence-corrected chi connectivity index (χ0v) is 14.4. The predicted octanol–water partition coefficient (Wildman–Crippen LogP) is 2.07. The van der Waals surface area contributed by atoms with Gasteiger partial charge in [0.25, 0.3) is 0 Å². The highest BCUT2D eigenvalue weighted by Gasteiger charge is 2.57. The molecule has 2 amide bonds. The van der Waals surface area contributed by atoms with Gasteiger partial charge in [-0.15, -0.1) is 6.58 Å². The van der Waals surface area contributed by atoms with E-state index in [4.69, 9.17) is 11.6 Å². The lowest BCUT2D eigenvalue weighted by Gasteiger charge is -2.37. The third kappa shape index (κ3) is 3.26. The van der Waals surface area contributed by atoms with Crippen LogP contribution < -0.4 is 10.2 Å². The molecule has 0 radical (unpaired) electrons. The van der Waals surface area contributed by atoms with Gasteiger partial charge in [-0.05, 0) is 31.0 Å². The fourth-order valence-electron chi connectivity index (χ4n) is 3.14. The molecule has 3 rings (SSSR count). The van der Waals surface area contributed by atoms with E-state index in [0.717, 1.165) is 18.8 Å². The lowest BCUT2D eigenvalue weighted by Crippen LogP contribution is -2.53. The van der Waals surface area contributed by atoms with Crippen molar-refractivity contribution in [2.24, 2.45) is 5.41 Å². The van der Waals surface area contributed by atoms with Crippen LogP contribution in [0.4, 0.5) is 5.69 Å². The summed E-state index contributed by atoms with van der Waals surface area (Å²) < 4.78 is 0. The van der Waals surface area contributed by atoms with Gasteiger partial charge in [-0.2, -0.15) is 0 Å². The minimum Gasteiger partial charge on any atom is -0.368 e. The van der Waals surface area contributed by atoms with Gasteiger partial charge < -0.3 is 15.1 Å². The first-order valence-electron chi connectivity index (χ1n) is 8.26. The molecule has 1 heterocycles. The van der Waals surface area contributed by atoms with Gasteiger partial charge in [0.2, 0.25) is 11.8 Å². The maximum absolute atomic E-state index is 12.8. The molecule has 0 atom stereocenters. The van der Waals surface area contributed by atoms with Crippen molar-refractivity contribution in [2.45, 2.75) is 12.8 Å². The van der Waals surface area contributed by atoms with Crippen LogP contribution in [0.5, 0.6) is 0 Å². The third-order valence-corrected chi connectivity index (χ3v) is 4.98. The Hall–Kier alpha value is -2.01. The van der Waals surface area contributed by atoms with E-state index in [1.807, 2.05) is 29.2 Å². The highest BCUT2D eigenvalue weighted by Crippen LogP contribution is 2.47. The normalized spacial score (nSPS) is 18.9. The Bertz CT molecular complexity index is 649. The van der Waals surface area contributed by atoms with Crippen molar-refractivity contribution in [3.63, 3.8) is 0 Å². The summed E-state index contributed by atoms with van der Waals surface area (Å²) in [4.78, 5) is 29.1. The van der Waals surface area contributed by atoms with Crippen molar-refractivity contribution in [3.05, 3.63) is 41.9 Å². The number of anilines is 1. The van der Waals surface area contributed by atoms with Crippen molar-refractivity contribution in [1.29, 1.82) is 0 Å². The third-order valence-electron chi connectivity index (χ3n) is 4.74. The van der Waals surface area contributed by atoms with Crippen LogP contribution in [0.2, 0.25) is 5.02 Å². The minimum absolute atomic E-state index is 0.0326. The summed E-state index contributed by atoms with van der Waals surface area (Å²) in [7, 11) is 0. The molecule has 0 bridgehead atoms. The monoisotopic (exact) mass is 347 g/mol. The highest BCUT2D eigenvalue weighted by atomic mass is 35.5. The van der Waals surface area contributed by atoms with Crippen LogP contribution in [-0.4, -0.2) is 49.4 Å². The Morgan fingerprint density at radius 1 is 1.25 bits per heavy atom. The first kappa shape index (κ1) is 16.8. The molecule has 24 heavy (non-hydrogen) atoms. The molecule has 1 aliphatic carbocycles. The SMILES string of the molecule is C=CCNC(=O)C1(C(=O)N2CCN(c3cccc(Cl)c3)CC2)CC1. The summed E-state index contributed by atoms with van der Waals surface area (Å²) in [5.41, 5.74) is 0.237. The summed E-state index contributed by atoms with van der Waals surface area (Å²) in [5, 5.41) is 3.48. The van der Waals surface area contributed by atoms with E-state index < -0.39 is 5.41 Å². The summed E-state index contributed by atoms with van der Waals surface area (Å²) in [6.45, 7) is 6.73. The van der Waals surface area contributed by atoms with Gasteiger partial charge in [-0.25, -0.2) is 0 Å². The quantitative estimate of drug-likeness (QED) is 0.655. The van der Waals surface area contributed by atoms with Gasteiger partial charge in [-0.3, -0.25) is 9.59 Å². The number of amides is 2. The van der Waals surface area contributed by atoms with Crippen molar-refractivity contribution in [3.8, 4) is 0 Å². The van der Waals surface area contributed by atoms with Crippen LogP contribution in [-0.2, 0) is 9.59 Å². The Labute approximate surface area is 147 Å². The number of halogens is 1. The van der Waals surface area contributed by atoms with Gasteiger partial charge in [-0.1, -0.05) is 23.7 Å². The average molecular weight is 348 g/mol. The second kappa shape index (κ2) is 6.85. The fraction of sp³-hybridized carbons (Fsp3) is 0.444. The van der Waals surface area contributed by atoms with Gasteiger partial charge >= 0.3 is 0 Å². The van der Waals surface area contributed by atoms with Crippen LogP contribution in [0.15, 0.2) is 36.9 Å². The second-order valence-corrected chi connectivity index (χ2v) is 6.78. The Kier molecular flexibility index (Phi) is 4.81. The standard InChI is InChI=1S/C18H22ClN3O2/c1-2-8-20-16(23)18(6-7-18)17(24)22-11-9-21(10-12-22)15-5-3-4-14(19)13-15/h2-5,13H,1,6-12H2,(H,20,23). The van der Waals surface area contributed by atoms with Crippen molar-refractivity contribution >= 4 is 29.1 Å². The smallest absolute Gasteiger partial charge is 0.238 e. The molecule has 2 fully saturated rings. The molecule has 1 N–H and O–H groups in total. The number of nitrogens with one attached hydrogen (secondary N) is 1. The van der Waals surface area contributed by atoms with E-state index in [9.17, 15) is 9.59 Å². The molecule has 0 spiro atoms. The number of carbonyl (C=O) groups excluding carboxylic acids is 2. The molecular weight excluding hydrogens is 326 g/mol. The van der Waals surface area contributed by atoms with E-state index in [1.165, 1.54) is 0 Å². The summed E-state index contributed by atoms with van der Waals surface area (Å²) in [6.07, 6.45) is 2.91. The van der Waals surface area contributed by atoms with Crippen LogP contribution in [0.25, 0.3) is 0 Å². The Morgan fingerprint density at radius 3 is 2.54 bits per heavy atom. The Balaban J connectivity index is 1.59. The molecular formula is C18H22ClN3O2. The number of hydrogen-bond donors (Lipinski definition) is 1. The molecule has 0 aromatic heterocycles. The molecule has 2 aliphatic rings. The van der Waals surface area contributed by atoms with Crippen molar-refractivity contribution in [1.82, 2.24) is 10.2 Å². The fourth-order valence-corrected chi connectivity index (χ4v) is 3.32. The average Bonchev–Trinajstić information content (AvgIpc) is 3.41. The van der Waals surface area contributed by atoms with Crippen LogP contribution in [0.3, 0.4) is 0 Å².